The van der Waals surface area contributed by atoms with Crippen molar-refractivity contribution in [2.75, 3.05) is 19.7 Å². The van der Waals surface area contributed by atoms with Gasteiger partial charge in [-0.05, 0) is 6.92 Å². The minimum atomic E-state index is -1.25. The fraction of sp³-hybridized carbons (Fsp3) is 0.875. The third-order valence-corrected chi connectivity index (χ3v) is 1.64. The summed E-state index contributed by atoms with van der Waals surface area (Å²) in [6, 6.07) is 0. The van der Waals surface area contributed by atoms with Crippen molar-refractivity contribution < 1.29 is 25.2 Å². The van der Waals surface area contributed by atoms with Crippen molar-refractivity contribution in [3.63, 3.8) is 0 Å². The van der Waals surface area contributed by atoms with Gasteiger partial charge in [-0.3, -0.25) is 4.79 Å². The number of carboxylic acid groups (broad SMARTS) is 1. The summed E-state index contributed by atoms with van der Waals surface area (Å²) in [5.41, 5.74) is -1.25. The Balaban J connectivity index is 3.58. The number of hydrogen-bond donors (Lipinski definition) is 5. The van der Waals surface area contributed by atoms with Crippen LogP contribution < -0.4 is 5.32 Å². The lowest BCUT2D eigenvalue weighted by molar-refractivity contribution is -0.139. The summed E-state index contributed by atoms with van der Waals surface area (Å²) < 4.78 is 0. The number of carboxylic acids is 1. The first-order chi connectivity index (χ1) is 6.37. The van der Waals surface area contributed by atoms with Gasteiger partial charge in [-0.2, -0.15) is 0 Å². The van der Waals surface area contributed by atoms with Gasteiger partial charge < -0.3 is 25.7 Å². The van der Waals surface area contributed by atoms with Crippen molar-refractivity contribution in [1.82, 2.24) is 5.32 Å². The molecule has 0 radical (unpaired) electrons. The van der Waals surface area contributed by atoms with E-state index in [9.17, 15) is 9.90 Å². The lowest BCUT2D eigenvalue weighted by Crippen LogP contribution is -2.43. The zero-order chi connectivity index (χ0) is 11.2. The summed E-state index contributed by atoms with van der Waals surface area (Å²) in [5, 5.41) is 38.0. The van der Waals surface area contributed by atoms with Crippen molar-refractivity contribution >= 4 is 5.97 Å². The third kappa shape index (κ3) is 6.79. The predicted molar refractivity (Wildman–Crippen MR) is 48.8 cm³/mol. The van der Waals surface area contributed by atoms with E-state index < -0.39 is 24.3 Å². The molecule has 6 heteroatoms. The van der Waals surface area contributed by atoms with Crippen LogP contribution >= 0.6 is 0 Å². The van der Waals surface area contributed by atoms with Gasteiger partial charge in [0.2, 0.25) is 0 Å². The molecule has 5 N–H and O–H groups in total. The third-order valence-electron chi connectivity index (χ3n) is 1.64. The van der Waals surface area contributed by atoms with E-state index in [2.05, 4.69) is 5.32 Å². The molecule has 0 heterocycles. The van der Waals surface area contributed by atoms with Crippen LogP contribution in [0.15, 0.2) is 0 Å². The zero-order valence-electron chi connectivity index (χ0n) is 8.10. The van der Waals surface area contributed by atoms with Crippen LogP contribution in [0, 0.1) is 0 Å². The summed E-state index contributed by atoms with van der Waals surface area (Å²) >= 11 is 0. The van der Waals surface area contributed by atoms with Gasteiger partial charge >= 0.3 is 5.97 Å². The van der Waals surface area contributed by atoms with Crippen LogP contribution in [-0.2, 0) is 4.79 Å². The summed E-state index contributed by atoms with van der Waals surface area (Å²) in [6.07, 6.45) is -1.32. The average Bonchev–Trinajstić information content (AvgIpc) is 2.02. The van der Waals surface area contributed by atoms with E-state index in [0.29, 0.717) is 0 Å². The first kappa shape index (κ1) is 13.3. The molecule has 0 saturated heterocycles. The number of rotatable bonds is 7. The van der Waals surface area contributed by atoms with E-state index in [4.69, 9.17) is 15.3 Å². The minimum Gasteiger partial charge on any atom is -0.481 e. The summed E-state index contributed by atoms with van der Waals surface area (Å²) in [7, 11) is 0. The Kier molecular flexibility index (Phi) is 5.63. The van der Waals surface area contributed by atoms with E-state index in [1.165, 1.54) is 6.92 Å². The summed E-state index contributed by atoms with van der Waals surface area (Å²) in [6.45, 7) is 1.21. The Labute approximate surface area is 82.2 Å². The van der Waals surface area contributed by atoms with Crippen LogP contribution in [0.4, 0.5) is 0 Å². The quantitative estimate of drug-likeness (QED) is 0.335. The van der Waals surface area contributed by atoms with Crippen molar-refractivity contribution in [2.24, 2.45) is 0 Å². The maximum Gasteiger partial charge on any atom is 0.306 e. The van der Waals surface area contributed by atoms with Crippen LogP contribution in [0.25, 0.3) is 0 Å². The highest BCUT2D eigenvalue weighted by Gasteiger charge is 2.19. The van der Waals surface area contributed by atoms with Gasteiger partial charge in [0.05, 0.1) is 24.7 Å². The standard InChI is InChI=1S/C8H17NO5/c1-8(14,5-10)4-9-3-6(11)2-7(12)13/h6,9-11,14H,2-5H2,1H3,(H,12,13). The molecular formula is C8H17NO5. The van der Waals surface area contributed by atoms with Crippen LogP contribution in [0.5, 0.6) is 0 Å². The van der Waals surface area contributed by atoms with E-state index in [0.717, 1.165) is 0 Å². The molecule has 14 heavy (non-hydrogen) atoms. The number of nitrogens with one attached hydrogen (secondary N) is 1. The smallest absolute Gasteiger partial charge is 0.306 e. The highest BCUT2D eigenvalue weighted by molar-refractivity contribution is 5.67. The Morgan fingerprint density at radius 2 is 2.14 bits per heavy atom. The molecule has 2 unspecified atom stereocenters. The Morgan fingerprint density at radius 3 is 2.57 bits per heavy atom. The Hall–Kier alpha value is -0.690. The maximum absolute atomic E-state index is 10.1. The van der Waals surface area contributed by atoms with Crippen LogP contribution in [0.1, 0.15) is 13.3 Å². The molecule has 6 nitrogen and oxygen atoms in total. The first-order valence-corrected chi connectivity index (χ1v) is 4.31. The number of aliphatic hydroxyl groups excluding tert-OH is 2. The second-order valence-electron chi connectivity index (χ2n) is 3.54. The lowest BCUT2D eigenvalue weighted by Gasteiger charge is -2.21. The van der Waals surface area contributed by atoms with E-state index in [-0.39, 0.29) is 19.5 Å². The van der Waals surface area contributed by atoms with Gasteiger partial charge in [-0.1, -0.05) is 0 Å². The molecule has 84 valence electrons. The molecule has 0 aliphatic carbocycles. The van der Waals surface area contributed by atoms with Crippen molar-refractivity contribution in [3.05, 3.63) is 0 Å². The SMILES string of the molecule is CC(O)(CO)CNCC(O)CC(=O)O. The van der Waals surface area contributed by atoms with E-state index >= 15 is 0 Å². The van der Waals surface area contributed by atoms with E-state index in [1.807, 2.05) is 0 Å². The van der Waals surface area contributed by atoms with Crippen molar-refractivity contribution in [2.45, 2.75) is 25.0 Å². The van der Waals surface area contributed by atoms with Gasteiger partial charge in [-0.15, -0.1) is 0 Å². The minimum absolute atomic E-state index is 0.0719. The Bertz CT molecular complexity index is 183. The van der Waals surface area contributed by atoms with Gasteiger partial charge in [0.15, 0.2) is 0 Å². The summed E-state index contributed by atoms with van der Waals surface area (Å²) in [5.74, 6) is -1.08. The normalized spacial score (nSPS) is 17.4. The number of aliphatic carboxylic acids is 1. The van der Waals surface area contributed by atoms with Crippen LogP contribution in [0.2, 0.25) is 0 Å². The Morgan fingerprint density at radius 1 is 1.57 bits per heavy atom. The lowest BCUT2D eigenvalue weighted by atomic mass is 10.1. The molecule has 0 bridgehead atoms. The van der Waals surface area contributed by atoms with Crippen LogP contribution in [-0.4, -0.2) is 57.8 Å². The van der Waals surface area contributed by atoms with Gasteiger partial charge in [-0.25, -0.2) is 0 Å². The topological polar surface area (TPSA) is 110 Å². The van der Waals surface area contributed by atoms with Gasteiger partial charge in [0, 0.05) is 13.1 Å². The molecule has 0 spiro atoms. The molecule has 0 aromatic rings. The second-order valence-corrected chi connectivity index (χ2v) is 3.54. The maximum atomic E-state index is 10.1. The monoisotopic (exact) mass is 207 g/mol. The summed E-state index contributed by atoms with van der Waals surface area (Å²) in [4.78, 5) is 10.1. The van der Waals surface area contributed by atoms with Crippen molar-refractivity contribution in [1.29, 1.82) is 0 Å². The van der Waals surface area contributed by atoms with Gasteiger partial charge in [0.25, 0.3) is 0 Å². The molecule has 0 aliphatic heterocycles. The fourth-order valence-corrected chi connectivity index (χ4v) is 0.838. The second kappa shape index (κ2) is 5.92. The molecular weight excluding hydrogens is 190 g/mol. The predicted octanol–water partition coefficient (Wildman–Crippen LogP) is -1.85. The number of aliphatic hydroxyl groups is 3. The molecule has 0 aromatic carbocycles. The molecule has 0 saturated carbocycles. The van der Waals surface area contributed by atoms with Crippen molar-refractivity contribution in [3.8, 4) is 0 Å². The molecule has 0 amide bonds. The largest absolute Gasteiger partial charge is 0.481 e. The highest BCUT2D eigenvalue weighted by Crippen LogP contribution is 1.98. The average molecular weight is 207 g/mol. The molecule has 0 fully saturated rings. The molecule has 0 aromatic heterocycles. The zero-order valence-corrected chi connectivity index (χ0v) is 8.10. The number of hydrogen-bond acceptors (Lipinski definition) is 5. The fourth-order valence-electron chi connectivity index (χ4n) is 0.838. The molecule has 2 atom stereocenters. The molecule has 0 aliphatic rings. The van der Waals surface area contributed by atoms with E-state index in [1.54, 1.807) is 0 Å². The highest BCUT2D eigenvalue weighted by atomic mass is 16.4. The van der Waals surface area contributed by atoms with Gasteiger partial charge in [0.1, 0.15) is 0 Å². The van der Waals surface area contributed by atoms with Crippen LogP contribution in [0.3, 0.4) is 0 Å². The first-order valence-electron chi connectivity index (χ1n) is 4.31. The number of carbonyl (C=O) groups is 1. The molecule has 0 rings (SSSR count).